The number of rotatable bonds is 5. The number of aromatic nitrogens is 2. The first-order valence-corrected chi connectivity index (χ1v) is 10.1. The molecule has 1 aliphatic rings. The Hall–Kier alpha value is -1.56. The summed E-state index contributed by atoms with van der Waals surface area (Å²) in [5.41, 5.74) is 2.86. The molecule has 2 aromatic rings. The van der Waals surface area contributed by atoms with Crippen LogP contribution in [0.5, 0.6) is 0 Å². The highest BCUT2D eigenvalue weighted by molar-refractivity contribution is 6.32. The van der Waals surface area contributed by atoms with E-state index in [9.17, 15) is 4.79 Å². The zero-order valence-corrected chi connectivity index (χ0v) is 17.6. The van der Waals surface area contributed by atoms with Crippen LogP contribution in [0.25, 0.3) is 0 Å². The molecule has 3 rings (SSSR count). The van der Waals surface area contributed by atoms with Gasteiger partial charge in [-0.1, -0.05) is 48.3 Å². The summed E-state index contributed by atoms with van der Waals surface area (Å²) >= 11 is 12.5. The van der Waals surface area contributed by atoms with E-state index in [2.05, 4.69) is 16.1 Å². The molecule has 1 atom stereocenters. The van der Waals surface area contributed by atoms with Crippen molar-refractivity contribution in [3.63, 3.8) is 0 Å². The summed E-state index contributed by atoms with van der Waals surface area (Å²) in [7, 11) is 0. The van der Waals surface area contributed by atoms with Gasteiger partial charge >= 0.3 is 0 Å². The van der Waals surface area contributed by atoms with Gasteiger partial charge in [-0.3, -0.25) is 14.4 Å². The molecule has 1 unspecified atom stereocenters. The quantitative estimate of drug-likeness (QED) is 0.755. The molecular formula is C20H26Cl2N4O. The van der Waals surface area contributed by atoms with E-state index in [1.807, 2.05) is 48.6 Å². The summed E-state index contributed by atoms with van der Waals surface area (Å²) in [6.45, 7) is 10.4. The van der Waals surface area contributed by atoms with E-state index in [0.29, 0.717) is 11.6 Å². The Balaban J connectivity index is 1.53. The SMILES string of the molecule is Cc1nn(CC(C)C(=O)N2CCN(Cc3ccccc3Cl)CC2)c(C)c1Cl. The zero-order valence-electron chi connectivity index (χ0n) is 16.1. The maximum atomic E-state index is 12.8. The lowest BCUT2D eigenvalue weighted by Gasteiger charge is -2.36. The average Bonchev–Trinajstić information content (AvgIpc) is 2.90. The van der Waals surface area contributed by atoms with Crippen LogP contribution in [0.3, 0.4) is 0 Å². The van der Waals surface area contributed by atoms with Crippen LogP contribution in [0.4, 0.5) is 0 Å². The molecule has 1 amide bonds. The van der Waals surface area contributed by atoms with E-state index >= 15 is 0 Å². The van der Waals surface area contributed by atoms with E-state index in [1.165, 1.54) is 0 Å². The van der Waals surface area contributed by atoms with E-state index in [-0.39, 0.29) is 11.8 Å². The third-order valence-corrected chi connectivity index (χ3v) is 6.11. The molecule has 0 saturated carbocycles. The molecule has 7 heteroatoms. The Labute approximate surface area is 170 Å². The molecule has 1 aliphatic heterocycles. The molecule has 1 fully saturated rings. The van der Waals surface area contributed by atoms with Gasteiger partial charge in [-0.25, -0.2) is 0 Å². The van der Waals surface area contributed by atoms with Crippen LogP contribution in [0.2, 0.25) is 10.0 Å². The summed E-state index contributed by atoms with van der Waals surface area (Å²) in [6, 6.07) is 7.93. The van der Waals surface area contributed by atoms with Gasteiger partial charge < -0.3 is 4.90 Å². The number of amides is 1. The van der Waals surface area contributed by atoms with Gasteiger partial charge in [-0.15, -0.1) is 0 Å². The molecule has 27 heavy (non-hydrogen) atoms. The number of benzene rings is 1. The second kappa shape index (κ2) is 8.63. The minimum atomic E-state index is -0.130. The largest absolute Gasteiger partial charge is 0.340 e. The topological polar surface area (TPSA) is 41.4 Å². The molecule has 1 aromatic heterocycles. The van der Waals surface area contributed by atoms with Crippen LogP contribution in [0.15, 0.2) is 24.3 Å². The molecule has 1 saturated heterocycles. The molecule has 0 aliphatic carbocycles. The van der Waals surface area contributed by atoms with Crippen molar-refractivity contribution in [2.75, 3.05) is 26.2 Å². The van der Waals surface area contributed by atoms with Crippen LogP contribution in [-0.4, -0.2) is 51.7 Å². The fourth-order valence-corrected chi connectivity index (χ4v) is 3.83. The second-order valence-corrected chi connectivity index (χ2v) is 8.05. The Morgan fingerprint density at radius 2 is 1.81 bits per heavy atom. The lowest BCUT2D eigenvalue weighted by Crippen LogP contribution is -2.50. The Morgan fingerprint density at radius 3 is 2.41 bits per heavy atom. The number of carbonyl (C=O) groups excluding carboxylic acids is 1. The van der Waals surface area contributed by atoms with Crippen molar-refractivity contribution in [2.45, 2.75) is 33.9 Å². The molecular weight excluding hydrogens is 383 g/mol. The third-order valence-electron chi connectivity index (χ3n) is 5.20. The van der Waals surface area contributed by atoms with E-state index < -0.39 is 0 Å². The van der Waals surface area contributed by atoms with Crippen molar-refractivity contribution >= 4 is 29.1 Å². The lowest BCUT2D eigenvalue weighted by molar-refractivity contribution is -0.137. The van der Waals surface area contributed by atoms with Crippen molar-refractivity contribution in [1.29, 1.82) is 0 Å². The molecule has 146 valence electrons. The Bertz CT molecular complexity index is 812. The van der Waals surface area contributed by atoms with Gasteiger partial charge in [0, 0.05) is 37.7 Å². The van der Waals surface area contributed by atoms with Gasteiger partial charge in [0.1, 0.15) is 0 Å². The molecule has 0 bridgehead atoms. The number of halogens is 2. The van der Waals surface area contributed by atoms with Gasteiger partial charge in [-0.05, 0) is 25.5 Å². The van der Waals surface area contributed by atoms with Crippen molar-refractivity contribution in [2.24, 2.45) is 5.92 Å². The standard InChI is InChI=1S/C20H26Cl2N4O/c1-14(12-26-16(3)19(22)15(2)23-26)20(27)25-10-8-24(9-11-25)13-17-6-4-5-7-18(17)21/h4-7,14H,8-13H2,1-3H3. The highest BCUT2D eigenvalue weighted by Crippen LogP contribution is 2.21. The normalized spacial score (nSPS) is 16.6. The molecule has 0 radical (unpaired) electrons. The molecule has 5 nitrogen and oxygen atoms in total. The minimum absolute atomic E-state index is 0.130. The maximum absolute atomic E-state index is 12.8. The predicted molar refractivity (Wildman–Crippen MR) is 109 cm³/mol. The van der Waals surface area contributed by atoms with Gasteiger partial charge in [0.15, 0.2) is 0 Å². The van der Waals surface area contributed by atoms with Gasteiger partial charge in [0.05, 0.1) is 28.9 Å². The first-order valence-electron chi connectivity index (χ1n) is 9.31. The van der Waals surface area contributed by atoms with Crippen LogP contribution < -0.4 is 0 Å². The van der Waals surface area contributed by atoms with Gasteiger partial charge in [0.2, 0.25) is 5.91 Å². The second-order valence-electron chi connectivity index (χ2n) is 7.26. The van der Waals surface area contributed by atoms with E-state index in [0.717, 1.165) is 54.7 Å². The van der Waals surface area contributed by atoms with Crippen LogP contribution in [0, 0.1) is 19.8 Å². The van der Waals surface area contributed by atoms with Crippen LogP contribution >= 0.6 is 23.2 Å². The molecule has 2 heterocycles. The number of piperazine rings is 1. The number of hydrogen-bond acceptors (Lipinski definition) is 3. The smallest absolute Gasteiger partial charge is 0.227 e. The molecule has 0 spiro atoms. The highest BCUT2D eigenvalue weighted by atomic mass is 35.5. The summed E-state index contributed by atoms with van der Waals surface area (Å²) in [4.78, 5) is 17.1. The summed E-state index contributed by atoms with van der Waals surface area (Å²) < 4.78 is 1.84. The monoisotopic (exact) mass is 408 g/mol. The number of nitrogens with zero attached hydrogens (tertiary/aromatic N) is 4. The fourth-order valence-electron chi connectivity index (χ4n) is 3.50. The van der Waals surface area contributed by atoms with Gasteiger partial charge in [-0.2, -0.15) is 5.10 Å². The fraction of sp³-hybridized carbons (Fsp3) is 0.500. The summed E-state index contributed by atoms with van der Waals surface area (Å²) in [6.07, 6.45) is 0. The predicted octanol–water partition coefficient (Wildman–Crippen LogP) is 3.79. The zero-order chi connectivity index (χ0) is 19.6. The first-order chi connectivity index (χ1) is 12.9. The summed E-state index contributed by atoms with van der Waals surface area (Å²) in [5, 5.41) is 5.92. The van der Waals surface area contributed by atoms with Gasteiger partial charge in [0.25, 0.3) is 0 Å². The summed E-state index contributed by atoms with van der Waals surface area (Å²) in [5.74, 6) is 0.0465. The van der Waals surface area contributed by atoms with Crippen LogP contribution in [-0.2, 0) is 17.9 Å². The molecule has 0 N–H and O–H groups in total. The number of aryl methyl sites for hydroxylation is 1. The van der Waals surface area contributed by atoms with E-state index in [1.54, 1.807) is 0 Å². The lowest BCUT2D eigenvalue weighted by atomic mass is 10.1. The Kier molecular flexibility index (Phi) is 6.45. The highest BCUT2D eigenvalue weighted by Gasteiger charge is 2.26. The van der Waals surface area contributed by atoms with Crippen molar-refractivity contribution in [3.05, 3.63) is 51.3 Å². The first kappa shape index (κ1) is 20.2. The maximum Gasteiger partial charge on any atom is 0.227 e. The third kappa shape index (κ3) is 4.65. The number of hydrogen-bond donors (Lipinski definition) is 0. The van der Waals surface area contributed by atoms with E-state index in [4.69, 9.17) is 23.2 Å². The van der Waals surface area contributed by atoms with Crippen LogP contribution in [0.1, 0.15) is 23.9 Å². The van der Waals surface area contributed by atoms with Crippen molar-refractivity contribution < 1.29 is 4.79 Å². The Morgan fingerprint density at radius 1 is 1.15 bits per heavy atom. The average molecular weight is 409 g/mol. The van der Waals surface area contributed by atoms with Crippen molar-refractivity contribution in [1.82, 2.24) is 19.6 Å². The number of carbonyl (C=O) groups is 1. The minimum Gasteiger partial charge on any atom is -0.340 e. The van der Waals surface area contributed by atoms with Crippen molar-refractivity contribution in [3.8, 4) is 0 Å². The molecule has 1 aromatic carbocycles.